The lowest BCUT2D eigenvalue weighted by Gasteiger charge is -2.28. The number of nitrogens with zero attached hydrogens (tertiary/aromatic N) is 2. The zero-order chi connectivity index (χ0) is 24.7. The molecule has 0 aliphatic carbocycles. The summed E-state index contributed by atoms with van der Waals surface area (Å²) in [5.41, 5.74) is 8.40. The van der Waals surface area contributed by atoms with Crippen LogP contribution in [-0.4, -0.2) is 4.57 Å². The van der Waals surface area contributed by atoms with Crippen LogP contribution in [0.2, 0.25) is 0 Å². The van der Waals surface area contributed by atoms with Gasteiger partial charge in [0.15, 0.2) is 0 Å². The van der Waals surface area contributed by atoms with Gasteiger partial charge in [0.05, 0.1) is 5.69 Å². The molecule has 176 valence electrons. The van der Waals surface area contributed by atoms with Crippen molar-refractivity contribution in [1.82, 2.24) is 4.57 Å². The van der Waals surface area contributed by atoms with Crippen molar-refractivity contribution in [3.8, 4) is 11.1 Å². The van der Waals surface area contributed by atoms with E-state index in [-0.39, 0.29) is 5.54 Å². The Morgan fingerprint density at radius 1 is 0.528 bits per heavy atom. The third-order valence-corrected chi connectivity index (χ3v) is 6.83. The van der Waals surface area contributed by atoms with E-state index in [9.17, 15) is 0 Å². The van der Waals surface area contributed by atoms with E-state index in [2.05, 4.69) is 158 Å². The minimum Gasteiger partial charge on any atom is -0.335 e. The molecule has 2 nitrogen and oxygen atoms in total. The summed E-state index contributed by atoms with van der Waals surface area (Å²) in [6.07, 6.45) is 0. The average molecular weight is 467 g/mol. The van der Waals surface area contributed by atoms with Crippen LogP contribution in [0.25, 0.3) is 32.9 Å². The van der Waals surface area contributed by atoms with Crippen molar-refractivity contribution < 1.29 is 0 Å². The third kappa shape index (κ3) is 3.76. The Labute approximate surface area is 213 Å². The normalized spacial score (nSPS) is 11.8. The summed E-state index contributed by atoms with van der Waals surface area (Å²) >= 11 is 0. The summed E-state index contributed by atoms with van der Waals surface area (Å²) in [5.74, 6) is 0. The highest BCUT2D eigenvalue weighted by Gasteiger charge is 2.22. The fraction of sp³-hybridized carbons (Fsp3) is 0.118. The highest BCUT2D eigenvalue weighted by atomic mass is 15.1. The quantitative estimate of drug-likeness (QED) is 0.251. The zero-order valence-corrected chi connectivity index (χ0v) is 21.0. The first-order valence-corrected chi connectivity index (χ1v) is 12.6. The molecule has 0 bridgehead atoms. The largest absolute Gasteiger partial charge is 0.335 e. The van der Waals surface area contributed by atoms with Crippen LogP contribution in [0.3, 0.4) is 0 Å². The van der Waals surface area contributed by atoms with Crippen LogP contribution in [0.5, 0.6) is 0 Å². The van der Waals surface area contributed by atoms with Crippen LogP contribution in [0, 0.1) is 0 Å². The van der Waals surface area contributed by atoms with Crippen molar-refractivity contribution in [1.29, 1.82) is 0 Å². The standard InChI is InChI=1S/C34H30N2/c1-34(2,3)36-32-21-13-11-19-29(32)30-24-25(22-23-33(30)36)28-18-10-12-20-31(28)35(26-14-6-4-7-15-26)27-16-8-5-9-17-27/h4-24H,1-3H3. The molecule has 0 unspecified atom stereocenters. The topological polar surface area (TPSA) is 8.17 Å². The molecule has 0 amide bonds. The van der Waals surface area contributed by atoms with Crippen LogP contribution in [0.1, 0.15) is 20.8 Å². The molecule has 2 heteroatoms. The van der Waals surface area contributed by atoms with Crippen molar-refractivity contribution in [3.05, 3.63) is 127 Å². The summed E-state index contributed by atoms with van der Waals surface area (Å²) in [6.45, 7) is 6.83. The molecule has 0 saturated carbocycles. The smallest absolute Gasteiger partial charge is 0.0540 e. The van der Waals surface area contributed by atoms with Gasteiger partial charge >= 0.3 is 0 Å². The number of benzene rings is 5. The lowest BCUT2D eigenvalue weighted by Crippen LogP contribution is -2.21. The molecule has 0 radical (unpaired) electrons. The van der Waals surface area contributed by atoms with E-state index in [0.29, 0.717) is 0 Å². The molecule has 36 heavy (non-hydrogen) atoms. The van der Waals surface area contributed by atoms with Crippen molar-refractivity contribution in [2.45, 2.75) is 26.3 Å². The molecule has 0 fully saturated rings. The van der Waals surface area contributed by atoms with Gasteiger partial charge in [-0.15, -0.1) is 0 Å². The number of hydrogen-bond acceptors (Lipinski definition) is 1. The molecule has 0 N–H and O–H groups in total. The first-order valence-electron chi connectivity index (χ1n) is 12.6. The van der Waals surface area contributed by atoms with Gasteiger partial charge in [-0.05, 0) is 74.9 Å². The second-order valence-corrected chi connectivity index (χ2v) is 10.3. The first kappa shape index (κ1) is 22.2. The molecule has 1 aromatic heterocycles. The number of fused-ring (bicyclic) bond motifs is 3. The van der Waals surface area contributed by atoms with Crippen LogP contribution in [-0.2, 0) is 5.54 Å². The highest BCUT2D eigenvalue weighted by Crippen LogP contribution is 2.42. The molecule has 0 spiro atoms. The van der Waals surface area contributed by atoms with Gasteiger partial charge in [-0.25, -0.2) is 0 Å². The van der Waals surface area contributed by atoms with Crippen molar-refractivity contribution in [2.75, 3.05) is 4.90 Å². The van der Waals surface area contributed by atoms with E-state index in [1.165, 1.54) is 32.9 Å². The summed E-state index contributed by atoms with van der Waals surface area (Å²) < 4.78 is 2.47. The molecule has 5 aromatic carbocycles. The Balaban J connectivity index is 1.59. The van der Waals surface area contributed by atoms with Crippen LogP contribution in [0.4, 0.5) is 17.1 Å². The van der Waals surface area contributed by atoms with Crippen LogP contribution in [0.15, 0.2) is 127 Å². The predicted molar refractivity (Wildman–Crippen MR) is 155 cm³/mol. The maximum Gasteiger partial charge on any atom is 0.0540 e. The van der Waals surface area contributed by atoms with Crippen molar-refractivity contribution in [2.24, 2.45) is 0 Å². The Morgan fingerprint density at radius 2 is 1.08 bits per heavy atom. The van der Waals surface area contributed by atoms with Gasteiger partial charge in [0.25, 0.3) is 0 Å². The summed E-state index contributed by atoms with van der Waals surface area (Å²) in [6, 6.07) is 45.6. The van der Waals surface area contributed by atoms with Crippen molar-refractivity contribution >= 4 is 38.9 Å². The van der Waals surface area contributed by atoms with Crippen LogP contribution >= 0.6 is 0 Å². The number of rotatable bonds is 4. The SMILES string of the molecule is CC(C)(C)n1c2ccccc2c2cc(-c3ccccc3N(c3ccccc3)c3ccccc3)ccc21. The molecular weight excluding hydrogens is 436 g/mol. The monoisotopic (exact) mass is 466 g/mol. The summed E-state index contributed by atoms with van der Waals surface area (Å²) in [7, 11) is 0. The highest BCUT2D eigenvalue weighted by molar-refractivity contribution is 6.10. The Kier molecular flexibility index (Phi) is 5.38. The predicted octanol–water partition coefficient (Wildman–Crippen LogP) is 9.69. The van der Waals surface area contributed by atoms with E-state index < -0.39 is 0 Å². The van der Waals surface area contributed by atoms with E-state index in [4.69, 9.17) is 0 Å². The number of hydrogen-bond donors (Lipinski definition) is 0. The lowest BCUT2D eigenvalue weighted by atomic mass is 9.99. The fourth-order valence-corrected chi connectivity index (χ4v) is 5.36. The second kappa shape index (κ2) is 8.73. The molecule has 6 rings (SSSR count). The fourth-order valence-electron chi connectivity index (χ4n) is 5.36. The molecule has 0 aliphatic heterocycles. The van der Waals surface area contributed by atoms with Gasteiger partial charge in [-0.3, -0.25) is 0 Å². The maximum atomic E-state index is 2.47. The molecule has 0 atom stereocenters. The van der Waals surface area contributed by atoms with Gasteiger partial charge in [0.2, 0.25) is 0 Å². The van der Waals surface area contributed by atoms with Gasteiger partial charge in [0.1, 0.15) is 0 Å². The minimum absolute atomic E-state index is 0.0157. The summed E-state index contributed by atoms with van der Waals surface area (Å²) in [5, 5.41) is 2.59. The minimum atomic E-state index is -0.0157. The second-order valence-electron chi connectivity index (χ2n) is 10.3. The van der Waals surface area contributed by atoms with Crippen LogP contribution < -0.4 is 4.90 Å². The van der Waals surface area contributed by atoms with Gasteiger partial charge < -0.3 is 9.47 Å². The maximum absolute atomic E-state index is 2.47. The third-order valence-electron chi connectivity index (χ3n) is 6.83. The van der Waals surface area contributed by atoms with E-state index in [0.717, 1.165) is 17.1 Å². The van der Waals surface area contributed by atoms with Crippen molar-refractivity contribution in [3.63, 3.8) is 0 Å². The first-order chi connectivity index (χ1) is 17.5. The number of anilines is 3. The van der Waals surface area contributed by atoms with E-state index >= 15 is 0 Å². The zero-order valence-electron chi connectivity index (χ0n) is 21.0. The lowest BCUT2D eigenvalue weighted by molar-refractivity contribution is 0.423. The van der Waals surface area contributed by atoms with E-state index in [1.807, 2.05) is 0 Å². The molecule has 0 saturated heterocycles. The number of para-hydroxylation sites is 4. The molecule has 0 aliphatic rings. The van der Waals surface area contributed by atoms with Gasteiger partial charge in [-0.1, -0.05) is 78.9 Å². The van der Waals surface area contributed by atoms with Gasteiger partial charge in [0, 0.05) is 44.3 Å². The Bertz CT molecular complexity index is 1620. The van der Waals surface area contributed by atoms with E-state index in [1.54, 1.807) is 0 Å². The summed E-state index contributed by atoms with van der Waals surface area (Å²) in [4.78, 5) is 2.35. The average Bonchev–Trinajstić information content (AvgIpc) is 3.25. The van der Waals surface area contributed by atoms with Gasteiger partial charge in [-0.2, -0.15) is 0 Å². The molecule has 6 aromatic rings. The number of aromatic nitrogens is 1. The molecular formula is C34H30N2. The molecule has 1 heterocycles. The Hall–Kier alpha value is -4.30. The Morgan fingerprint density at radius 3 is 1.75 bits per heavy atom.